The van der Waals surface area contributed by atoms with Crippen molar-refractivity contribution in [3.8, 4) is 11.8 Å². The van der Waals surface area contributed by atoms with E-state index >= 15 is 0 Å². The largest absolute Gasteiger partial charge is 0.382 e. The molecule has 0 unspecified atom stereocenters. The Morgan fingerprint density at radius 3 is 2.53 bits per heavy atom. The van der Waals surface area contributed by atoms with Crippen LogP contribution >= 0.6 is 15.9 Å². The minimum atomic E-state index is 0.395. The molecule has 0 saturated heterocycles. The fourth-order valence-electron chi connectivity index (χ4n) is 1.63. The maximum atomic E-state index is 9.04. The first-order chi connectivity index (χ1) is 8.17. The molecule has 5 heteroatoms. The molecular formula is C12H11BrN4. The summed E-state index contributed by atoms with van der Waals surface area (Å²) in [5.74, 6) is 0.395. The molecule has 0 radical (unpaired) electrons. The van der Waals surface area contributed by atoms with E-state index in [0.29, 0.717) is 17.8 Å². The number of halogens is 1. The summed E-state index contributed by atoms with van der Waals surface area (Å²) in [6.07, 6.45) is 0.691. The predicted octanol–water partition coefficient (Wildman–Crippen LogP) is 2.65. The van der Waals surface area contributed by atoms with Gasteiger partial charge in [-0.3, -0.25) is 0 Å². The van der Waals surface area contributed by atoms with Crippen LogP contribution in [0.2, 0.25) is 0 Å². The van der Waals surface area contributed by atoms with Gasteiger partial charge in [0.25, 0.3) is 0 Å². The maximum absolute atomic E-state index is 9.04. The highest BCUT2D eigenvalue weighted by Gasteiger charge is 2.14. The van der Waals surface area contributed by atoms with Crippen molar-refractivity contribution in [2.45, 2.75) is 13.3 Å². The number of hydrogen-bond acceptors (Lipinski definition) is 3. The van der Waals surface area contributed by atoms with Gasteiger partial charge in [-0.2, -0.15) is 10.4 Å². The van der Waals surface area contributed by atoms with Crippen LogP contribution in [0.3, 0.4) is 0 Å². The highest BCUT2D eigenvalue weighted by molar-refractivity contribution is 9.10. The highest BCUT2D eigenvalue weighted by atomic mass is 79.9. The average molecular weight is 291 g/mol. The van der Waals surface area contributed by atoms with Crippen LogP contribution in [-0.4, -0.2) is 9.78 Å². The van der Waals surface area contributed by atoms with E-state index in [9.17, 15) is 0 Å². The second kappa shape index (κ2) is 4.60. The summed E-state index contributed by atoms with van der Waals surface area (Å²) in [4.78, 5) is 0. The van der Waals surface area contributed by atoms with Crippen molar-refractivity contribution in [1.82, 2.24) is 9.78 Å². The molecule has 0 amide bonds. The molecule has 0 aliphatic carbocycles. The summed E-state index contributed by atoms with van der Waals surface area (Å²) in [6, 6.07) is 9.71. The summed E-state index contributed by atoms with van der Waals surface area (Å²) in [7, 11) is 0. The Hall–Kier alpha value is -1.80. The van der Waals surface area contributed by atoms with Gasteiger partial charge in [-0.25, -0.2) is 4.68 Å². The van der Waals surface area contributed by atoms with Crippen LogP contribution in [0.15, 0.2) is 28.7 Å². The first kappa shape index (κ1) is 11.7. The van der Waals surface area contributed by atoms with Crippen molar-refractivity contribution in [2.24, 2.45) is 0 Å². The summed E-state index contributed by atoms with van der Waals surface area (Å²) >= 11 is 3.37. The normalized spacial score (nSPS) is 10.2. The lowest BCUT2D eigenvalue weighted by Gasteiger charge is -2.03. The number of nitriles is 1. The minimum absolute atomic E-state index is 0.395. The molecule has 2 N–H and O–H groups in total. The number of nitrogens with zero attached hydrogens (tertiary/aromatic N) is 3. The molecule has 0 saturated carbocycles. The van der Waals surface area contributed by atoms with Gasteiger partial charge in [-0.1, -0.05) is 22.9 Å². The second-order valence-corrected chi connectivity index (χ2v) is 4.48. The topological polar surface area (TPSA) is 67.6 Å². The van der Waals surface area contributed by atoms with E-state index in [1.807, 2.05) is 31.2 Å². The smallest absolute Gasteiger partial charge is 0.145 e. The van der Waals surface area contributed by atoms with E-state index in [1.54, 1.807) is 4.68 Å². The van der Waals surface area contributed by atoms with E-state index in [1.165, 1.54) is 0 Å². The fraction of sp³-hybridized carbons (Fsp3) is 0.167. The molecule has 0 fully saturated rings. The van der Waals surface area contributed by atoms with Gasteiger partial charge in [0, 0.05) is 4.47 Å². The quantitative estimate of drug-likeness (QED) is 0.924. The zero-order valence-corrected chi connectivity index (χ0v) is 10.9. The lowest BCUT2D eigenvalue weighted by molar-refractivity contribution is 0.848. The lowest BCUT2D eigenvalue weighted by Crippen LogP contribution is -2.02. The van der Waals surface area contributed by atoms with Crippen molar-refractivity contribution < 1.29 is 0 Å². The summed E-state index contributed by atoms with van der Waals surface area (Å²) < 4.78 is 2.59. The zero-order chi connectivity index (χ0) is 12.4. The number of nitrogen functional groups attached to an aromatic ring is 1. The number of aryl methyl sites for hydroxylation is 1. The predicted molar refractivity (Wildman–Crippen MR) is 69.8 cm³/mol. The summed E-state index contributed by atoms with van der Waals surface area (Å²) in [5, 5.41) is 13.4. The maximum Gasteiger partial charge on any atom is 0.145 e. The molecule has 17 heavy (non-hydrogen) atoms. The Labute approximate surface area is 108 Å². The third kappa shape index (κ3) is 2.04. The lowest BCUT2D eigenvalue weighted by atomic mass is 10.2. The standard InChI is InChI=1S/C12H11BrN4/c1-2-11-10(7-14)12(15)17(16-11)9-5-3-8(13)4-6-9/h3-6H,2,15H2,1H3. The molecule has 0 aliphatic heterocycles. The van der Waals surface area contributed by atoms with Crippen molar-refractivity contribution in [2.75, 3.05) is 5.73 Å². The van der Waals surface area contributed by atoms with E-state index in [-0.39, 0.29) is 0 Å². The van der Waals surface area contributed by atoms with Gasteiger partial charge in [0.15, 0.2) is 0 Å². The Balaban J connectivity index is 2.57. The number of aromatic nitrogens is 2. The number of benzene rings is 1. The molecule has 0 atom stereocenters. The minimum Gasteiger partial charge on any atom is -0.382 e. The van der Waals surface area contributed by atoms with Crippen molar-refractivity contribution in [3.63, 3.8) is 0 Å². The van der Waals surface area contributed by atoms with Crippen molar-refractivity contribution >= 4 is 21.7 Å². The molecular weight excluding hydrogens is 280 g/mol. The van der Waals surface area contributed by atoms with Gasteiger partial charge in [0.2, 0.25) is 0 Å². The first-order valence-electron chi connectivity index (χ1n) is 5.20. The van der Waals surface area contributed by atoms with Crippen LogP contribution < -0.4 is 5.73 Å². The Morgan fingerprint density at radius 1 is 1.41 bits per heavy atom. The van der Waals surface area contributed by atoms with Crippen LogP contribution in [-0.2, 0) is 6.42 Å². The molecule has 2 aromatic rings. The fourth-order valence-corrected chi connectivity index (χ4v) is 1.89. The van der Waals surface area contributed by atoms with E-state index in [0.717, 1.165) is 15.9 Å². The molecule has 2 rings (SSSR count). The van der Waals surface area contributed by atoms with E-state index in [4.69, 9.17) is 11.0 Å². The second-order valence-electron chi connectivity index (χ2n) is 3.56. The molecule has 1 heterocycles. The Morgan fingerprint density at radius 2 is 2.06 bits per heavy atom. The van der Waals surface area contributed by atoms with Crippen LogP contribution in [0.4, 0.5) is 5.82 Å². The monoisotopic (exact) mass is 290 g/mol. The number of hydrogen-bond donors (Lipinski definition) is 1. The third-order valence-corrected chi connectivity index (χ3v) is 3.04. The zero-order valence-electron chi connectivity index (χ0n) is 9.31. The van der Waals surface area contributed by atoms with Gasteiger partial charge in [0.05, 0.1) is 11.4 Å². The summed E-state index contributed by atoms with van der Waals surface area (Å²) in [5.41, 5.74) is 7.97. The molecule has 4 nitrogen and oxygen atoms in total. The average Bonchev–Trinajstić information content (AvgIpc) is 2.66. The molecule has 0 spiro atoms. The number of anilines is 1. The third-order valence-electron chi connectivity index (χ3n) is 2.51. The van der Waals surface area contributed by atoms with Crippen LogP contribution in [0.1, 0.15) is 18.2 Å². The molecule has 0 aliphatic rings. The SMILES string of the molecule is CCc1nn(-c2ccc(Br)cc2)c(N)c1C#N. The van der Waals surface area contributed by atoms with Gasteiger partial charge in [0.1, 0.15) is 17.5 Å². The van der Waals surface area contributed by atoms with Gasteiger partial charge in [-0.15, -0.1) is 0 Å². The first-order valence-corrected chi connectivity index (χ1v) is 6.00. The van der Waals surface area contributed by atoms with Gasteiger partial charge >= 0.3 is 0 Å². The molecule has 1 aromatic heterocycles. The Kier molecular flexibility index (Phi) is 3.16. The highest BCUT2D eigenvalue weighted by Crippen LogP contribution is 2.22. The molecule has 86 valence electrons. The van der Waals surface area contributed by atoms with Crippen LogP contribution in [0.25, 0.3) is 5.69 Å². The number of rotatable bonds is 2. The van der Waals surface area contributed by atoms with Crippen molar-refractivity contribution in [3.05, 3.63) is 40.0 Å². The molecule has 1 aromatic carbocycles. The van der Waals surface area contributed by atoms with Crippen LogP contribution in [0, 0.1) is 11.3 Å². The Bertz CT molecular complexity index is 578. The van der Waals surface area contributed by atoms with E-state index in [2.05, 4.69) is 27.1 Å². The van der Waals surface area contributed by atoms with Gasteiger partial charge in [-0.05, 0) is 30.7 Å². The van der Waals surface area contributed by atoms with E-state index < -0.39 is 0 Å². The summed E-state index contributed by atoms with van der Waals surface area (Å²) in [6.45, 7) is 1.95. The molecule has 0 bridgehead atoms. The van der Waals surface area contributed by atoms with Gasteiger partial charge < -0.3 is 5.73 Å². The number of nitrogens with two attached hydrogens (primary N) is 1. The van der Waals surface area contributed by atoms with Crippen molar-refractivity contribution in [1.29, 1.82) is 5.26 Å². The van der Waals surface area contributed by atoms with Crippen LogP contribution in [0.5, 0.6) is 0 Å².